The van der Waals surface area contributed by atoms with Crippen molar-refractivity contribution in [1.29, 1.82) is 0 Å². The van der Waals surface area contributed by atoms with E-state index in [1.807, 2.05) is 26.0 Å². The number of nitrogens with two attached hydrogens (primary N) is 1. The Morgan fingerprint density at radius 3 is 2.67 bits per heavy atom. The fourth-order valence-corrected chi connectivity index (χ4v) is 2.01. The molecule has 0 saturated heterocycles. The van der Waals surface area contributed by atoms with Gasteiger partial charge in [0, 0.05) is 11.9 Å². The maximum atomic E-state index is 6.10. The Morgan fingerprint density at radius 2 is 2.13 bits per heavy atom. The van der Waals surface area contributed by atoms with Crippen molar-refractivity contribution in [3.8, 4) is 0 Å². The molecule has 2 aromatic rings. The van der Waals surface area contributed by atoms with E-state index in [2.05, 4.69) is 14.6 Å². The molecule has 0 aromatic carbocycles. The van der Waals surface area contributed by atoms with Crippen LogP contribution >= 0.6 is 11.5 Å². The van der Waals surface area contributed by atoms with Gasteiger partial charge in [-0.05, 0) is 37.0 Å². The van der Waals surface area contributed by atoms with Gasteiger partial charge in [0.05, 0.1) is 16.6 Å². The minimum absolute atomic E-state index is 0.168. The van der Waals surface area contributed by atoms with E-state index >= 15 is 0 Å². The van der Waals surface area contributed by atoms with Crippen LogP contribution in [-0.4, -0.2) is 14.6 Å². The average molecular weight is 220 g/mol. The molecule has 78 valence electrons. The molecule has 2 rings (SSSR count). The largest absolute Gasteiger partial charge is 0.319 e. The summed E-state index contributed by atoms with van der Waals surface area (Å²) in [6.07, 6.45) is 1.80. The van der Waals surface area contributed by atoms with Crippen molar-refractivity contribution in [3.63, 3.8) is 0 Å². The number of rotatable bonds is 2. The Bertz CT molecular complexity index is 449. The van der Waals surface area contributed by atoms with E-state index in [0.29, 0.717) is 0 Å². The van der Waals surface area contributed by atoms with Gasteiger partial charge in [0.1, 0.15) is 0 Å². The van der Waals surface area contributed by atoms with Crippen LogP contribution in [-0.2, 0) is 0 Å². The highest BCUT2D eigenvalue weighted by Gasteiger charge is 2.14. The highest BCUT2D eigenvalue weighted by molar-refractivity contribution is 7.05. The number of nitrogens with zero attached hydrogens (tertiary/aromatic N) is 3. The van der Waals surface area contributed by atoms with Gasteiger partial charge in [0.2, 0.25) is 0 Å². The quantitative estimate of drug-likeness (QED) is 0.834. The summed E-state index contributed by atoms with van der Waals surface area (Å²) in [4.78, 5) is 5.22. The third-order valence-corrected chi connectivity index (χ3v) is 3.17. The van der Waals surface area contributed by atoms with Crippen molar-refractivity contribution >= 4 is 11.5 Å². The normalized spacial score (nSPS) is 12.7. The highest BCUT2D eigenvalue weighted by Crippen LogP contribution is 2.23. The van der Waals surface area contributed by atoms with Crippen LogP contribution in [0, 0.1) is 13.8 Å². The molecule has 2 aromatic heterocycles. The first-order chi connectivity index (χ1) is 7.18. The van der Waals surface area contributed by atoms with Gasteiger partial charge in [-0.15, -0.1) is 5.10 Å². The van der Waals surface area contributed by atoms with E-state index in [1.54, 1.807) is 6.20 Å². The zero-order valence-corrected chi connectivity index (χ0v) is 9.45. The zero-order valence-electron chi connectivity index (χ0n) is 8.64. The Hall–Kier alpha value is -1.33. The van der Waals surface area contributed by atoms with Crippen LogP contribution in [0.1, 0.15) is 27.9 Å². The SMILES string of the molecule is Cc1ccc(C(N)c2snnc2C)cn1. The molecule has 0 bridgehead atoms. The van der Waals surface area contributed by atoms with Crippen LogP contribution in [0.25, 0.3) is 0 Å². The first-order valence-corrected chi connectivity index (χ1v) is 5.43. The van der Waals surface area contributed by atoms with Crippen LogP contribution in [0.2, 0.25) is 0 Å². The highest BCUT2D eigenvalue weighted by atomic mass is 32.1. The molecule has 0 amide bonds. The van der Waals surface area contributed by atoms with Crippen molar-refractivity contribution in [1.82, 2.24) is 14.6 Å². The van der Waals surface area contributed by atoms with Crippen LogP contribution in [0.4, 0.5) is 0 Å². The lowest BCUT2D eigenvalue weighted by Gasteiger charge is -2.09. The Morgan fingerprint density at radius 1 is 1.33 bits per heavy atom. The van der Waals surface area contributed by atoms with Crippen molar-refractivity contribution in [2.75, 3.05) is 0 Å². The lowest BCUT2D eigenvalue weighted by atomic mass is 10.1. The Labute approximate surface area is 92.3 Å². The summed E-state index contributed by atoms with van der Waals surface area (Å²) in [5.74, 6) is 0. The Balaban J connectivity index is 2.32. The van der Waals surface area contributed by atoms with E-state index in [-0.39, 0.29) is 6.04 Å². The van der Waals surface area contributed by atoms with Gasteiger partial charge in [-0.2, -0.15) is 0 Å². The molecule has 2 N–H and O–H groups in total. The second kappa shape index (κ2) is 4.04. The van der Waals surface area contributed by atoms with Crippen LogP contribution in [0.15, 0.2) is 18.3 Å². The topological polar surface area (TPSA) is 64.7 Å². The van der Waals surface area contributed by atoms with Crippen molar-refractivity contribution in [2.24, 2.45) is 5.73 Å². The fraction of sp³-hybridized carbons (Fsp3) is 0.300. The van der Waals surface area contributed by atoms with E-state index < -0.39 is 0 Å². The first kappa shape index (κ1) is 10.2. The summed E-state index contributed by atoms with van der Waals surface area (Å²) in [6.45, 7) is 3.87. The molecule has 0 aliphatic rings. The first-order valence-electron chi connectivity index (χ1n) is 4.65. The van der Waals surface area contributed by atoms with Crippen molar-refractivity contribution in [3.05, 3.63) is 40.2 Å². The lowest BCUT2D eigenvalue weighted by Crippen LogP contribution is -2.11. The second-order valence-corrected chi connectivity index (χ2v) is 4.22. The fourth-order valence-electron chi connectivity index (χ4n) is 1.34. The summed E-state index contributed by atoms with van der Waals surface area (Å²) in [5, 5.41) is 3.95. The summed E-state index contributed by atoms with van der Waals surface area (Å²) >= 11 is 1.34. The van der Waals surface area contributed by atoms with E-state index in [4.69, 9.17) is 5.73 Å². The maximum Gasteiger partial charge on any atom is 0.0776 e. The van der Waals surface area contributed by atoms with Crippen molar-refractivity contribution in [2.45, 2.75) is 19.9 Å². The van der Waals surface area contributed by atoms with Gasteiger partial charge in [-0.3, -0.25) is 4.98 Å². The Kier molecular flexibility index (Phi) is 2.75. The third-order valence-electron chi connectivity index (χ3n) is 2.26. The minimum atomic E-state index is -0.168. The van der Waals surface area contributed by atoms with Gasteiger partial charge >= 0.3 is 0 Å². The molecule has 0 saturated carbocycles. The van der Waals surface area contributed by atoms with Gasteiger partial charge in [0.25, 0.3) is 0 Å². The van der Waals surface area contributed by atoms with Gasteiger partial charge in [-0.1, -0.05) is 10.6 Å². The lowest BCUT2D eigenvalue weighted by molar-refractivity contribution is 0.863. The predicted octanol–water partition coefficient (Wildman–Crippen LogP) is 1.60. The minimum Gasteiger partial charge on any atom is -0.319 e. The molecule has 0 aliphatic heterocycles. The van der Waals surface area contributed by atoms with Gasteiger partial charge < -0.3 is 5.73 Å². The van der Waals surface area contributed by atoms with E-state index in [1.165, 1.54) is 11.5 Å². The molecule has 1 unspecified atom stereocenters. The second-order valence-electron chi connectivity index (χ2n) is 3.43. The smallest absolute Gasteiger partial charge is 0.0776 e. The summed E-state index contributed by atoms with van der Waals surface area (Å²) in [7, 11) is 0. The molecule has 4 nitrogen and oxygen atoms in total. The maximum absolute atomic E-state index is 6.10. The van der Waals surface area contributed by atoms with Crippen molar-refractivity contribution < 1.29 is 0 Å². The molecule has 0 aliphatic carbocycles. The number of hydrogen-bond donors (Lipinski definition) is 1. The van der Waals surface area contributed by atoms with Gasteiger partial charge in [-0.25, -0.2) is 0 Å². The monoisotopic (exact) mass is 220 g/mol. The molecule has 0 radical (unpaired) electrons. The predicted molar refractivity (Wildman–Crippen MR) is 59.7 cm³/mol. The molecule has 5 heteroatoms. The van der Waals surface area contributed by atoms with Gasteiger partial charge in [0.15, 0.2) is 0 Å². The molecular weight excluding hydrogens is 208 g/mol. The van der Waals surface area contributed by atoms with E-state index in [0.717, 1.165) is 21.8 Å². The molecule has 0 spiro atoms. The molecule has 0 fully saturated rings. The third kappa shape index (κ3) is 2.03. The number of aryl methyl sites for hydroxylation is 2. The molecule has 1 atom stereocenters. The zero-order chi connectivity index (χ0) is 10.8. The number of hydrogen-bond acceptors (Lipinski definition) is 5. The summed E-state index contributed by atoms with van der Waals surface area (Å²) in [5.41, 5.74) is 8.98. The van der Waals surface area contributed by atoms with E-state index in [9.17, 15) is 0 Å². The molecular formula is C10H12N4S. The van der Waals surface area contributed by atoms with Crippen LogP contribution in [0.3, 0.4) is 0 Å². The molecule has 15 heavy (non-hydrogen) atoms. The summed E-state index contributed by atoms with van der Waals surface area (Å²) < 4.78 is 3.88. The van der Waals surface area contributed by atoms with Crippen LogP contribution in [0.5, 0.6) is 0 Å². The average Bonchev–Trinajstić information content (AvgIpc) is 2.65. The molecule has 2 heterocycles. The number of aromatic nitrogens is 3. The standard InChI is InChI=1S/C10H12N4S/c1-6-3-4-8(5-12-6)9(11)10-7(2)13-14-15-10/h3-5,9H,11H2,1-2H3. The number of pyridine rings is 1. The van der Waals surface area contributed by atoms with Crippen LogP contribution < -0.4 is 5.73 Å². The summed E-state index contributed by atoms with van der Waals surface area (Å²) in [6, 6.07) is 3.78.